The van der Waals surface area contributed by atoms with Crippen molar-refractivity contribution in [3.8, 4) is 0 Å². The van der Waals surface area contributed by atoms with E-state index in [4.69, 9.17) is 16.7 Å². The fraction of sp³-hybridized carbons (Fsp3) is 0.0714. The molecule has 0 atom stereocenters. The molecule has 0 aromatic heterocycles. The van der Waals surface area contributed by atoms with Gasteiger partial charge in [0.15, 0.2) is 0 Å². The molecule has 0 unspecified atom stereocenters. The van der Waals surface area contributed by atoms with Crippen LogP contribution < -0.4 is 20.5 Å². The molecule has 9 heteroatoms. The summed E-state index contributed by atoms with van der Waals surface area (Å²) >= 11 is 5.86. The summed E-state index contributed by atoms with van der Waals surface area (Å²) in [6.07, 6.45) is 0. The third-order valence-corrected chi connectivity index (χ3v) is 3.59. The fourth-order valence-electron chi connectivity index (χ4n) is 1.84. The third-order valence-electron chi connectivity index (χ3n) is 2.84. The molecule has 0 saturated heterocycles. The first-order chi connectivity index (χ1) is 10.7. The summed E-state index contributed by atoms with van der Waals surface area (Å²) in [4.78, 5) is 11.9. The van der Waals surface area contributed by atoms with E-state index < -0.39 is 16.2 Å². The van der Waals surface area contributed by atoms with E-state index in [1.807, 2.05) is 6.92 Å². The number of urea groups is 1. The lowest BCUT2D eigenvalue weighted by Gasteiger charge is -2.11. The third kappa shape index (κ3) is 5.44. The molecule has 0 heterocycles. The Morgan fingerprint density at radius 1 is 1.04 bits per heavy atom. The van der Waals surface area contributed by atoms with Crippen molar-refractivity contribution in [3.63, 3.8) is 0 Å². The largest absolute Gasteiger partial charge is 0.323 e. The molecule has 0 saturated carbocycles. The van der Waals surface area contributed by atoms with Crippen LogP contribution in [0.5, 0.6) is 0 Å². The van der Waals surface area contributed by atoms with E-state index in [0.29, 0.717) is 22.1 Å². The zero-order valence-corrected chi connectivity index (χ0v) is 13.7. The summed E-state index contributed by atoms with van der Waals surface area (Å²) in [5.41, 5.74) is 2.26. The molecule has 5 N–H and O–H groups in total. The Kier molecular flexibility index (Phi) is 5.09. The standard InChI is InChI=1S/C14H15ClN4O3S/c1-9-8-10(15)2-7-13(9)18-14(20)17-11-3-5-12(6-4-11)19-23(16,21)22/h2-8,19H,1H3,(H2,16,21,22)(H2,17,18,20). The van der Waals surface area contributed by atoms with Crippen molar-refractivity contribution in [2.24, 2.45) is 5.14 Å². The van der Waals surface area contributed by atoms with Gasteiger partial charge in [-0.25, -0.2) is 9.93 Å². The van der Waals surface area contributed by atoms with Gasteiger partial charge in [0.2, 0.25) is 0 Å². The summed E-state index contributed by atoms with van der Waals surface area (Å²) in [6.45, 7) is 1.83. The summed E-state index contributed by atoms with van der Waals surface area (Å²) in [6, 6.07) is 10.7. The highest BCUT2D eigenvalue weighted by Crippen LogP contribution is 2.20. The second-order valence-electron chi connectivity index (χ2n) is 4.76. The van der Waals surface area contributed by atoms with Gasteiger partial charge in [0.25, 0.3) is 10.2 Å². The van der Waals surface area contributed by atoms with Crippen LogP contribution in [0.15, 0.2) is 42.5 Å². The molecule has 2 aromatic carbocycles. The number of nitrogens with two attached hydrogens (primary N) is 1. The average Bonchev–Trinajstić information content (AvgIpc) is 2.42. The molecule has 0 bridgehead atoms. The molecule has 0 fully saturated rings. The minimum absolute atomic E-state index is 0.298. The molecule has 0 aliphatic heterocycles. The molecule has 2 aromatic rings. The van der Waals surface area contributed by atoms with Crippen molar-refractivity contribution in [2.75, 3.05) is 15.4 Å². The molecule has 0 aliphatic rings. The van der Waals surface area contributed by atoms with Crippen molar-refractivity contribution < 1.29 is 13.2 Å². The molecular weight excluding hydrogens is 340 g/mol. The second kappa shape index (κ2) is 6.86. The van der Waals surface area contributed by atoms with Crippen molar-refractivity contribution in [1.29, 1.82) is 0 Å². The van der Waals surface area contributed by atoms with Crippen LogP contribution in [0.2, 0.25) is 5.02 Å². The van der Waals surface area contributed by atoms with Gasteiger partial charge < -0.3 is 10.6 Å². The summed E-state index contributed by atoms with van der Waals surface area (Å²) < 4.78 is 23.9. The molecular formula is C14H15ClN4O3S. The summed E-state index contributed by atoms with van der Waals surface area (Å²) in [7, 11) is -3.82. The minimum Gasteiger partial charge on any atom is -0.308 e. The molecule has 0 spiro atoms. The summed E-state index contributed by atoms with van der Waals surface area (Å²) in [5, 5.41) is 10.8. The lowest BCUT2D eigenvalue weighted by molar-refractivity contribution is 0.262. The van der Waals surface area contributed by atoms with Crippen molar-refractivity contribution in [2.45, 2.75) is 6.92 Å². The van der Waals surface area contributed by atoms with Crippen LogP contribution >= 0.6 is 11.6 Å². The maximum atomic E-state index is 11.9. The number of hydrogen-bond donors (Lipinski definition) is 4. The van der Waals surface area contributed by atoms with Gasteiger partial charge in [-0.3, -0.25) is 4.72 Å². The predicted octanol–water partition coefficient (Wildman–Crippen LogP) is 2.91. The average molecular weight is 355 g/mol. The number of aryl methyl sites for hydroxylation is 1. The van der Waals surface area contributed by atoms with E-state index >= 15 is 0 Å². The maximum Gasteiger partial charge on any atom is 0.323 e. The van der Waals surface area contributed by atoms with Gasteiger partial charge in [-0.15, -0.1) is 0 Å². The number of rotatable bonds is 4. The van der Waals surface area contributed by atoms with Gasteiger partial charge in [0, 0.05) is 22.1 Å². The Hall–Kier alpha value is -2.29. The van der Waals surface area contributed by atoms with E-state index in [2.05, 4.69) is 15.4 Å². The first-order valence-corrected chi connectivity index (χ1v) is 8.40. The first kappa shape index (κ1) is 17.1. The van der Waals surface area contributed by atoms with Gasteiger partial charge in [-0.1, -0.05) is 11.6 Å². The van der Waals surface area contributed by atoms with Gasteiger partial charge in [0.1, 0.15) is 0 Å². The molecule has 122 valence electrons. The Morgan fingerprint density at radius 3 is 2.22 bits per heavy atom. The van der Waals surface area contributed by atoms with Crippen LogP contribution in [0, 0.1) is 6.92 Å². The Balaban J connectivity index is 2.00. The van der Waals surface area contributed by atoms with Crippen molar-refractivity contribution in [3.05, 3.63) is 53.1 Å². The van der Waals surface area contributed by atoms with Gasteiger partial charge >= 0.3 is 6.03 Å². The minimum atomic E-state index is -3.82. The van der Waals surface area contributed by atoms with Crippen LogP contribution in [0.4, 0.5) is 21.9 Å². The molecule has 0 radical (unpaired) electrons. The van der Waals surface area contributed by atoms with Gasteiger partial charge in [-0.05, 0) is 55.0 Å². The van der Waals surface area contributed by atoms with Gasteiger partial charge in [-0.2, -0.15) is 8.42 Å². The number of anilines is 3. The van der Waals surface area contributed by atoms with Crippen LogP contribution in [0.25, 0.3) is 0 Å². The highest BCUT2D eigenvalue weighted by Gasteiger charge is 2.06. The van der Waals surface area contributed by atoms with E-state index in [1.54, 1.807) is 30.3 Å². The quantitative estimate of drug-likeness (QED) is 0.676. The highest BCUT2D eigenvalue weighted by molar-refractivity contribution is 7.90. The predicted molar refractivity (Wildman–Crippen MR) is 92.0 cm³/mol. The van der Waals surface area contributed by atoms with E-state index in [-0.39, 0.29) is 0 Å². The number of carbonyl (C=O) groups excluding carboxylic acids is 1. The fourth-order valence-corrected chi connectivity index (χ4v) is 2.53. The van der Waals surface area contributed by atoms with Crippen LogP contribution in [0.3, 0.4) is 0 Å². The van der Waals surface area contributed by atoms with Crippen molar-refractivity contribution in [1.82, 2.24) is 0 Å². The number of benzene rings is 2. The monoisotopic (exact) mass is 354 g/mol. The number of nitrogens with one attached hydrogen (secondary N) is 3. The smallest absolute Gasteiger partial charge is 0.308 e. The lowest BCUT2D eigenvalue weighted by atomic mass is 10.2. The van der Waals surface area contributed by atoms with Crippen LogP contribution in [-0.2, 0) is 10.2 Å². The molecule has 2 amide bonds. The zero-order valence-electron chi connectivity index (χ0n) is 12.1. The second-order valence-corrected chi connectivity index (χ2v) is 6.49. The Morgan fingerprint density at radius 2 is 1.65 bits per heavy atom. The number of carbonyl (C=O) groups is 1. The lowest BCUT2D eigenvalue weighted by Crippen LogP contribution is -2.22. The summed E-state index contributed by atoms with van der Waals surface area (Å²) in [5.74, 6) is 0. The van der Waals surface area contributed by atoms with E-state index in [9.17, 15) is 13.2 Å². The first-order valence-electron chi connectivity index (χ1n) is 6.48. The number of halogens is 1. The number of hydrogen-bond acceptors (Lipinski definition) is 3. The SMILES string of the molecule is Cc1cc(Cl)ccc1NC(=O)Nc1ccc(NS(N)(=O)=O)cc1. The van der Waals surface area contributed by atoms with E-state index in [0.717, 1.165) is 5.56 Å². The maximum absolute atomic E-state index is 11.9. The molecule has 23 heavy (non-hydrogen) atoms. The zero-order chi connectivity index (χ0) is 17.0. The van der Waals surface area contributed by atoms with Gasteiger partial charge in [0.05, 0.1) is 0 Å². The van der Waals surface area contributed by atoms with Crippen LogP contribution in [-0.4, -0.2) is 14.4 Å². The number of amides is 2. The molecule has 2 rings (SSSR count). The van der Waals surface area contributed by atoms with Crippen molar-refractivity contribution >= 4 is 44.9 Å². The molecule has 7 nitrogen and oxygen atoms in total. The normalized spacial score (nSPS) is 10.9. The highest BCUT2D eigenvalue weighted by atomic mass is 35.5. The topological polar surface area (TPSA) is 113 Å². The van der Waals surface area contributed by atoms with Crippen LogP contribution in [0.1, 0.15) is 5.56 Å². The Bertz CT molecular complexity index is 822. The molecule has 0 aliphatic carbocycles. The van der Waals surface area contributed by atoms with E-state index in [1.165, 1.54) is 12.1 Å². The Labute approximate surface area is 139 Å².